The van der Waals surface area contributed by atoms with Gasteiger partial charge in [0.25, 0.3) is 0 Å². The van der Waals surface area contributed by atoms with Gasteiger partial charge in [-0.3, -0.25) is 0 Å². The molecule has 2 rings (SSSR count). The van der Waals surface area contributed by atoms with Gasteiger partial charge >= 0.3 is 0 Å². The predicted molar refractivity (Wildman–Crippen MR) is 83.5 cm³/mol. The van der Waals surface area contributed by atoms with E-state index in [1.54, 1.807) is 0 Å². The van der Waals surface area contributed by atoms with Crippen molar-refractivity contribution in [3.8, 4) is 0 Å². The zero-order valence-electron chi connectivity index (χ0n) is 11.0. The highest BCUT2D eigenvalue weighted by molar-refractivity contribution is 9.10. The molecule has 0 saturated carbocycles. The summed E-state index contributed by atoms with van der Waals surface area (Å²) in [5, 5.41) is 5.75. The second-order valence-corrected chi connectivity index (χ2v) is 6.42. The van der Waals surface area contributed by atoms with Gasteiger partial charge < -0.3 is 5.32 Å². The molecular weight excluding hydrogens is 306 g/mol. The van der Waals surface area contributed by atoms with Crippen molar-refractivity contribution in [1.29, 1.82) is 0 Å². The average molecular weight is 324 g/mol. The van der Waals surface area contributed by atoms with Crippen molar-refractivity contribution in [3.63, 3.8) is 0 Å². The van der Waals surface area contributed by atoms with E-state index in [0.717, 1.165) is 6.54 Å². The van der Waals surface area contributed by atoms with E-state index >= 15 is 0 Å². The number of thiophene rings is 1. The number of hydrogen-bond donors (Lipinski definition) is 1. The Labute approximate surface area is 121 Å². The van der Waals surface area contributed by atoms with Gasteiger partial charge in [0, 0.05) is 9.35 Å². The SMILES string of the molecule is CCNC(c1cc(C)ccc1Br)c1ccsc1C. The van der Waals surface area contributed by atoms with Crippen LogP contribution in [0.15, 0.2) is 34.1 Å². The first-order valence-electron chi connectivity index (χ1n) is 6.17. The van der Waals surface area contributed by atoms with E-state index in [4.69, 9.17) is 0 Å². The molecule has 1 unspecified atom stereocenters. The zero-order chi connectivity index (χ0) is 13.1. The summed E-state index contributed by atoms with van der Waals surface area (Å²) in [5.41, 5.74) is 4.00. The maximum atomic E-state index is 3.67. The van der Waals surface area contributed by atoms with Crippen molar-refractivity contribution in [2.75, 3.05) is 6.54 Å². The Morgan fingerprint density at radius 1 is 1.22 bits per heavy atom. The second kappa shape index (κ2) is 6.00. The van der Waals surface area contributed by atoms with Crippen molar-refractivity contribution >= 4 is 27.3 Å². The first-order chi connectivity index (χ1) is 8.63. The van der Waals surface area contributed by atoms with Crippen LogP contribution in [0.25, 0.3) is 0 Å². The number of rotatable bonds is 4. The fraction of sp³-hybridized carbons (Fsp3) is 0.333. The minimum absolute atomic E-state index is 0.274. The summed E-state index contributed by atoms with van der Waals surface area (Å²) >= 11 is 5.48. The van der Waals surface area contributed by atoms with Crippen molar-refractivity contribution in [2.45, 2.75) is 26.8 Å². The minimum Gasteiger partial charge on any atom is -0.306 e. The smallest absolute Gasteiger partial charge is 0.0598 e. The number of nitrogens with one attached hydrogen (secondary N) is 1. The molecule has 0 saturated heterocycles. The molecular formula is C15H18BrNS. The molecule has 0 radical (unpaired) electrons. The average Bonchev–Trinajstić information content (AvgIpc) is 2.76. The lowest BCUT2D eigenvalue weighted by molar-refractivity contribution is 0.627. The Balaban J connectivity index is 2.48. The standard InChI is InChI=1S/C15H18BrNS/c1-4-17-15(12-7-8-18-11(12)3)13-9-10(2)5-6-14(13)16/h5-9,15,17H,4H2,1-3H3. The third-order valence-corrected chi connectivity index (χ3v) is 4.66. The van der Waals surface area contributed by atoms with E-state index in [1.807, 2.05) is 11.3 Å². The van der Waals surface area contributed by atoms with E-state index in [2.05, 4.69) is 71.7 Å². The molecule has 96 valence electrons. The summed E-state index contributed by atoms with van der Waals surface area (Å²) in [6.07, 6.45) is 0. The molecule has 18 heavy (non-hydrogen) atoms. The van der Waals surface area contributed by atoms with Crippen molar-refractivity contribution in [1.82, 2.24) is 5.32 Å². The molecule has 1 heterocycles. The maximum Gasteiger partial charge on any atom is 0.0598 e. The molecule has 1 nitrogen and oxygen atoms in total. The number of aryl methyl sites for hydroxylation is 2. The van der Waals surface area contributed by atoms with E-state index in [1.165, 1.54) is 26.0 Å². The van der Waals surface area contributed by atoms with Crippen LogP contribution in [0.4, 0.5) is 0 Å². The monoisotopic (exact) mass is 323 g/mol. The molecule has 0 aliphatic heterocycles. The zero-order valence-corrected chi connectivity index (χ0v) is 13.4. The molecule has 0 bridgehead atoms. The van der Waals surface area contributed by atoms with Crippen LogP contribution in [0.5, 0.6) is 0 Å². The molecule has 0 amide bonds. The van der Waals surface area contributed by atoms with E-state index in [-0.39, 0.29) is 6.04 Å². The highest BCUT2D eigenvalue weighted by Crippen LogP contribution is 2.32. The van der Waals surface area contributed by atoms with Crippen LogP contribution in [0, 0.1) is 13.8 Å². The molecule has 0 fully saturated rings. The predicted octanol–water partition coefficient (Wildman–Crippen LogP) is 4.83. The van der Waals surface area contributed by atoms with Gasteiger partial charge in [-0.1, -0.05) is 40.5 Å². The summed E-state index contributed by atoms with van der Waals surface area (Å²) in [7, 11) is 0. The molecule has 1 aromatic heterocycles. The third-order valence-electron chi connectivity index (χ3n) is 3.08. The van der Waals surface area contributed by atoms with Gasteiger partial charge in [0.05, 0.1) is 6.04 Å². The Morgan fingerprint density at radius 2 is 2.00 bits per heavy atom. The van der Waals surface area contributed by atoms with Gasteiger partial charge in [0.1, 0.15) is 0 Å². The highest BCUT2D eigenvalue weighted by atomic mass is 79.9. The molecule has 1 atom stereocenters. The van der Waals surface area contributed by atoms with Crippen molar-refractivity contribution in [3.05, 3.63) is 55.7 Å². The van der Waals surface area contributed by atoms with Crippen LogP contribution >= 0.6 is 27.3 Å². The molecule has 1 N–H and O–H groups in total. The molecule has 0 aliphatic carbocycles. The van der Waals surface area contributed by atoms with Crippen LogP contribution in [0.1, 0.15) is 34.5 Å². The van der Waals surface area contributed by atoms with E-state index < -0.39 is 0 Å². The van der Waals surface area contributed by atoms with Gasteiger partial charge in [-0.2, -0.15) is 0 Å². The normalized spacial score (nSPS) is 12.7. The number of benzene rings is 1. The molecule has 2 aromatic rings. The van der Waals surface area contributed by atoms with Crippen LogP contribution in [-0.2, 0) is 0 Å². The maximum absolute atomic E-state index is 3.67. The lowest BCUT2D eigenvalue weighted by Gasteiger charge is -2.20. The topological polar surface area (TPSA) is 12.0 Å². The lowest BCUT2D eigenvalue weighted by Crippen LogP contribution is -2.22. The van der Waals surface area contributed by atoms with Crippen molar-refractivity contribution < 1.29 is 0 Å². The quantitative estimate of drug-likeness (QED) is 0.850. The summed E-state index contributed by atoms with van der Waals surface area (Å²) in [4.78, 5) is 1.38. The van der Waals surface area contributed by atoms with E-state index in [0.29, 0.717) is 0 Å². The first-order valence-corrected chi connectivity index (χ1v) is 7.84. The highest BCUT2D eigenvalue weighted by Gasteiger charge is 2.18. The van der Waals surface area contributed by atoms with Gasteiger partial charge in [0.15, 0.2) is 0 Å². The Hall–Kier alpha value is -0.640. The van der Waals surface area contributed by atoms with E-state index in [9.17, 15) is 0 Å². The second-order valence-electron chi connectivity index (χ2n) is 4.45. The Morgan fingerprint density at radius 3 is 2.61 bits per heavy atom. The van der Waals surface area contributed by atoms with Gasteiger partial charge in [0.2, 0.25) is 0 Å². The van der Waals surface area contributed by atoms with Crippen LogP contribution in [0.2, 0.25) is 0 Å². The van der Waals surface area contributed by atoms with Gasteiger partial charge in [-0.25, -0.2) is 0 Å². The fourth-order valence-corrected chi connectivity index (χ4v) is 3.39. The van der Waals surface area contributed by atoms with Gasteiger partial charge in [-0.05, 0) is 49.0 Å². The van der Waals surface area contributed by atoms with Crippen molar-refractivity contribution in [2.24, 2.45) is 0 Å². The molecule has 3 heteroatoms. The summed E-state index contributed by atoms with van der Waals surface area (Å²) < 4.78 is 1.17. The van der Waals surface area contributed by atoms with Crippen LogP contribution < -0.4 is 5.32 Å². The molecule has 0 spiro atoms. The van der Waals surface area contributed by atoms with Crippen LogP contribution in [-0.4, -0.2) is 6.54 Å². The van der Waals surface area contributed by atoms with Gasteiger partial charge in [-0.15, -0.1) is 11.3 Å². The summed E-state index contributed by atoms with van der Waals surface area (Å²) in [5.74, 6) is 0. The van der Waals surface area contributed by atoms with Crippen LogP contribution in [0.3, 0.4) is 0 Å². The number of hydrogen-bond acceptors (Lipinski definition) is 2. The lowest BCUT2D eigenvalue weighted by atomic mass is 9.98. The Kier molecular flexibility index (Phi) is 4.60. The number of halogens is 1. The summed E-state index contributed by atoms with van der Waals surface area (Å²) in [6.45, 7) is 7.44. The summed E-state index contributed by atoms with van der Waals surface area (Å²) in [6, 6.07) is 9.03. The first kappa shape index (κ1) is 13.8. The third kappa shape index (κ3) is 2.85. The minimum atomic E-state index is 0.274. The molecule has 0 aliphatic rings. The molecule has 1 aromatic carbocycles. The fourth-order valence-electron chi connectivity index (χ4n) is 2.17. The largest absolute Gasteiger partial charge is 0.306 e. The Bertz CT molecular complexity index is 533.